The minimum atomic E-state index is 0. The summed E-state index contributed by atoms with van der Waals surface area (Å²) in [5.41, 5.74) is 11.1. The van der Waals surface area contributed by atoms with E-state index in [1.165, 1.54) is 44.1 Å². The largest absolute Gasteiger partial charge is 0.327 e. The Hall–Kier alpha value is -3.52. The van der Waals surface area contributed by atoms with Gasteiger partial charge in [-0.25, -0.2) is 0 Å². The maximum atomic E-state index is 4.53. The molecule has 0 bridgehead atoms. The van der Waals surface area contributed by atoms with Crippen LogP contribution in [0.2, 0.25) is 0 Å². The molecule has 33 heavy (non-hydrogen) atoms. The summed E-state index contributed by atoms with van der Waals surface area (Å²) in [5.74, 6) is 0. The SMILES string of the molecule is [Ir].[c-]1ccc(-n2c3ccccc3c3cc4c(cc32)Cc2ccccc2-4)cc1-c1ccccn1. The molecule has 0 aliphatic heterocycles. The van der Waals surface area contributed by atoms with E-state index in [1.807, 2.05) is 30.5 Å². The molecular formula is C30H19IrN2-. The zero-order valence-electron chi connectivity index (χ0n) is 17.7. The molecule has 7 rings (SSSR count). The minimum absolute atomic E-state index is 0. The molecule has 2 nitrogen and oxygen atoms in total. The molecule has 1 aliphatic rings. The van der Waals surface area contributed by atoms with Crippen LogP contribution in [0.15, 0.2) is 103 Å². The van der Waals surface area contributed by atoms with E-state index in [2.05, 4.69) is 88.4 Å². The summed E-state index contributed by atoms with van der Waals surface area (Å²) in [6.45, 7) is 0. The van der Waals surface area contributed by atoms with Crippen molar-refractivity contribution in [3.8, 4) is 28.1 Å². The number of rotatable bonds is 2. The smallest absolute Gasteiger partial charge is 0.0526 e. The van der Waals surface area contributed by atoms with Gasteiger partial charge in [0, 0.05) is 37.1 Å². The summed E-state index contributed by atoms with van der Waals surface area (Å²) in [6, 6.07) is 37.9. The van der Waals surface area contributed by atoms with Crippen molar-refractivity contribution in [1.82, 2.24) is 9.55 Å². The maximum absolute atomic E-state index is 4.53. The summed E-state index contributed by atoms with van der Waals surface area (Å²) in [4.78, 5) is 4.53. The average molecular weight is 600 g/mol. The fourth-order valence-electron chi connectivity index (χ4n) is 5.14. The third-order valence-electron chi connectivity index (χ3n) is 6.57. The molecule has 6 aromatic rings. The Morgan fingerprint density at radius 3 is 2.45 bits per heavy atom. The van der Waals surface area contributed by atoms with E-state index >= 15 is 0 Å². The van der Waals surface area contributed by atoms with Gasteiger partial charge in [-0.1, -0.05) is 54.6 Å². The molecule has 3 heteroatoms. The topological polar surface area (TPSA) is 17.8 Å². The normalized spacial score (nSPS) is 11.9. The van der Waals surface area contributed by atoms with Gasteiger partial charge in [-0.3, -0.25) is 0 Å². The van der Waals surface area contributed by atoms with E-state index < -0.39 is 0 Å². The maximum Gasteiger partial charge on any atom is 0.0526 e. The van der Waals surface area contributed by atoms with Crippen LogP contribution in [0.3, 0.4) is 0 Å². The van der Waals surface area contributed by atoms with Crippen LogP contribution in [0, 0.1) is 6.07 Å². The first-order valence-electron chi connectivity index (χ1n) is 10.9. The third kappa shape index (κ3) is 3.08. The second-order valence-corrected chi connectivity index (χ2v) is 8.39. The van der Waals surface area contributed by atoms with Gasteiger partial charge in [-0.2, -0.15) is 0 Å². The molecule has 0 saturated carbocycles. The molecule has 2 heterocycles. The molecular weight excluding hydrogens is 581 g/mol. The average Bonchev–Trinajstić information content (AvgIpc) is 3.38. The molecule has 4 aromatic carbocycles. The van der Waals surface area contributed by atoms with Crippen molar-refractivity contribution in [1.29, 1.82) is 0 Å². The second kappa shape index (κ2) is 7.81. The number of para-hydroxylation sites is 1. The van der Waals surface area contributed by atoms with E-state index in [1.54, 1.807) is 0 Å². The fourth-order valence-corrected chi connectivity index (χ4v) is 5.14. The van der Waals surface area contributed by atoms with Crippen LogP contribution in [-0.2, 0) is 26.5 Å². The molecule has 0 saturated heterocycles. The van der Waals surface area contributed by atoms with E-state index in [9.17, 15) is 0 Å². The molecule has 0 amide bonds. The van der Waals surface area contributed by atoms with Crippen molar-refractivity contribution in [2.75, 3.05) is 0 Å². The zero-order valence-corrected chi connectivity index (χ0v) is 20.1. The van der Waals surface area contributed by atoms with Crippen molar-refractivity contribution in [2.45, 2.75) is 6.42 Å². The standard InChI is InChI=1S/C30H19N2.Ir/c1-2-11-24-20(8-1)16-22-18-30-27(19-26(22)24)25-12-3-4-14-29(25)32(30)23-10-7-9-21(17-23)28-13-5-6-15-31-28;/h1-8,10-15,17-19H,16H2;/q-1;. The van der Waals surface area contributed by atoms with E-state index in [0.717, 1.165) is 23.4 Å². The Morgan fingerprint density at radius 2 is 1.55 bits per heavy atom. The van der Waals surface area contributed by atoms with E-state index in [-0.39, 0.29) is 20.1 Å². The second-order valence-electron chi connectivity index (χ2n) is 8.39. The monoisotopic (exact) mass is 600 g/mol. The molecule has 0 atom stereocenters. The van der Waals surface area contributed by atoms with Crippen LogP contribution in [0.5, 0.6) is 0 Å². The van der Waals surface area contributed by atoms with Gasteiger partial charge in [0.1, 0.15) is 0 Å². The van der Waals surface area contributed by atoms with E-state index in [0.29, 0.717) is 0 Å². The Balaban J connectivity index is 0.00000206. The number of hydrogen-bond donors (Lipinski definition) is 0. The number of hydrogen-bond acceptors (Lipinski definition) is 1. The van der Waals surface area contributed by atoms with E-state index in [4.69, 9.17) is 0 Å². The summed E-state index contributed by atoms with van der Waals surface area (Å²) < 4.78 is 2.38. The van der Waals surface area contributed by atoms with Crippen LogP contribution in [0.1, 0.15) is 11.1 Å². The predicted molar refractivity (Wildman–Crippen MR) is 131 cm³/mol. The van der Waals surface area contributed by atoms with Crippen LogP contribution in [-0.4, -0.2) is 9.55 Å². The van der Waals surface area contributed by atoms with Gasteiger partial charge >= 0.3 is 0 Å². The Labute approximate surface area is 205 Å². The number of nitrogens with zero attached hydrogens (tertiary/aromatic N) is 2. The van der Waals surface area contributed by atoms with Crippen LogP contribution in [0.25, 0.3) is 49.9 Å². The van der Waals surface area contributed by atoms with Gasteiger partial charge in [-0.15, -0.1) is 29.8 Å². The van der Waals surface area contributed by atoms with Gasteiger partial charge in [0.05, 0.1) is 11.0 Å². The first-order valence-corrected chi connectivity index (χ1v) is 10.9. The number of aromatic nitrogens is 2. The fraction of sp³-hybridized carbons (Fsp3) is 0.0333. The van der Waals surface area contributed by atoms with Crippen LogP contribution >= 0.6 is 0 Å². The van der Waals surface area contributed by atoms with Crippen LogP contribution in [0.4, 0.5) is 0 Å². The number of fused-ring (bicyclic) bond motifs is 6. The molecule has 159 valence electrons. The molecule has 1 radical (unpaired) electrons. The molecule has 0 N–H and O–H groups in total. The molecule has 0 fully saturated rings. The molecule has 2 aromatic heterocycles. The minimum Gasteiger partial charge on any atom is -0.327 e. The first kappa shape index (κ1) is 20.1. The predicted octanol–water partition coefficient (Wildman–Crippen LogP) is 7.21. The first-order chi connectivity index (χ1) is 15.9. The van der Waals surface area contributed by atoms with Gasteiger partial charge in [0.25, 0.3) is 0 Å². The van der Waals surface area contributed by atoms with Gasteiger partial charge in [0.15, 0.2) is 0 Å². The summed E-state index contributed by atoms with van der Waals surface area (Å²) in [7, 11) is 0. The number of benzene rings is 4. The van der Waals surface area contributed by atoms with Crippen molar-refractivity contribution in [3.63, 3.8) is 0 Å². The molecule has 0 unspecified atom stereocenters. The molecule has 0 spiro atoms. The van der Waals surface area contributed by atoms with Gasteiger partial charge in [0.2, 0.25) is 0 Å². The van der Waals surface area contributed by atoms with Crippen molar-refractivity contribution in [2.24, 2.45) is 0 Å². The Morgan fingerprint density at radius 1 is 0.697 bits per heavy atom. The van der Waals surface area contributed by atoms with Gasteiger partial charge in [-0.05, 0) is 64.3 Å². The summed E-state index contributed by atoms with van der Waals surface area (Å²) in [5, 5.41) is 2.57. The van der Waals surface area contributed by atoms with Crippen LogP contribution < -0.4 is 0 Å². The zero-order chi connectivity index (χ0) is 21.1. The Bertz CT molecular complexity index is 1650. The molecule has 1 aliphatic carbocycles. The van der Waals surface area contributed by atoms with Crippen molar-refractivity contribution in [3.05, 3.63) is 120 Å². The Kier molecular flexibility index (Phi) is 4.76. The quantitative estimate of drug-likeness (QED) is 0.192. The van der Waals surface area contributed by atoms with Crippen molar-refractivity contribution >= 4 is 21.8 Å². The summed E-state index contributed by atoms with van der Waals surface area (Å²) >= 11 is 0. The summed E-state index contributed by atoms with van der Waals surface area (Å²) in [6.07, 6.45) is 2.82. The number of pyridine rings is 1. The van der Waals surface area contributed by atoms with Gasteiger partial charge < -0.3 is 9.55 Å². The third-order valence-corrected chi connectivity index (χ3v) is 6.57. The van der Waals surface area contributed by atoms with Crippen molar-refractivity contribution < 1.29 is 20.1 Å².